The average Bonchev–Trinajstić information content (AvgIpc) is 2.90. The van der Waals surface area contributed by atoms with Crippen LogP contribution in [0.4, 0.5) is 5.69 Å². The van der Waals surface area contributed by atoms with Gasteiger partial charge in [-0.05, 0) is 42.4 Å². The molecule has 1 aromatic rings. The maximum atomic E-state index is 12.1. The van der Waals surface area contributed by atoms with Crippen LogP contribution >= 0.6 is 12.4 Å². The van der Waals surface area contributed by atoms with Gasteiger partial charge in [0.2, 0.25) is 11.8 Å². The van der Waals surface area contributed by atoms with Gasteiger partial charge in [-0.15, -0.1) is 12.4 Å². The third-order valence-corrected chi connectivity index (χ3v) is 4.46. The van der Waals surface area contributed by atoms with Gasteiger partial charge < -0.3 is 16.4 Å². The van der Waals surface area contributed by atoms with Crippen LogP contribution < -0.4 is 16.4 Å². The smallest absolute Gasteiger partial charge is 0.224 e. The van der Waals surface area contributed by atoms with E-state index in [4.69, 9.17) is 5.73 Å². The minimum absolute atomic E-state index is 0. The maximum absolute atomic E-state index is 12.1. The third-order valence-electron chi connectivity index (χ3n) is 4.46. The first-order chi connectivity index (χ1) is 11.4. The van der Waals surface area contributed by atoms with Crippen molar-refractivity contribution in [3.63, 3.8) is 0 Å². The Labute approximate surface area is 156 Å². The molecule has 2 atom stereocenters. The van der Waals surface area contributed by atoms with Crippen molar-refractivity contribution in [3.05, 3.63) is 29.8 Å². The molecule has 25 heavy (non-hydrogen) atoms. The van der Waals surface area contributed by atoms with Crippen LogP contribution in [0.5, 0.6) is 0 Å². The van der Waals surface area contributed by atoms with Crippen molar-refractivity contribution in [1.29, 1.82) is 0 Å². The molecule has 0 aromatic heterocycles. The molecule has 6 heteroatoms. The first-order valence-electron chi connectivity index (χ1n) is 8.85. The predicted molar refractivity (Wildman–Crippen MR) is 104 cm³/mol. The molecule has 4 N–H and O–H groups in total. The molecule has 1 fully saturated rings. The highest BCUT2D eigenvalue weighted by Gasteiger charge is 2.25. The van der Waals surface area contributed by atoms with E-state index >= 15 is 0 Å². The van der Waals surface area contributed by atoms with Crippen molar-refractivity contribution in [3.8, 4) is 0 Å². The molecule has 2 rings (SSSR count). The van der Waals surface area contributed by atoms with Gasteiger partial charge in [-0.25, -0.2) is 0 Å². The van der Waals surface area contributed by atoms with E-state index in [0.29, 0.717) is 31.2 Å². The van der Waals surface area contributed by atoms with Crippen molar-refractivity contribution < 1.29 is 9.59 Å². The number of nitrogens with two attached hydrogens (primary N) is 1. The molecule has 0 saturated heterocycles. The highest BCUT2D eigenvalue weighted by molar-refractivity contribution is 5.90. The second kappa shape index (κ2) is 10.4. The summed E-state index contributed by atoms with van der Waals surface area (Å²) < 4.78 is 0. The number of nitrogens with one attached hydrogen (secondary N) is 2. The molecule has 0 bridgehead atoms. The second-order valence-electron chi connectivity index (χ2n) is 7.18. The molecule has 0 radical (unpaired) electrons. The number of benzene rings is 1. The third kappa shape index (κ3) is 7.45. The van der Waals surface area contributed by atoms with E-state index in [1.807, 2.05) is 38.1 Å². The lowest BCUT2D eigenvalue weighted by Gasteiger charge is -2.15. The predicted octanol–water partition coefficient (Wildman–Crippen LogP) is 3.23. The Hall–Kier alpha value is -1.59. The average molecular weight is 368 g/mol. The molecule has 0 aliphatic heterocycles. The first-order valence-corrected chi connectivity index (χ1v) is 8.85. The number of anilines is 1. The zero-order valence-corrected chi connectivity index (χ0v) is 15.9. The van der Waals surface area contributed by atoms with Gasteiger partial charge in [0.1, 0.15) is 0 Å². The van der Waals surface area contributed by atoms with E-state index in [1.54, 1.807) is 0 Å². The lowest BCUT2D eigenvalue weighted by atomic mass is 10.00. The van der Waals surface area contributed by atoms with Gasteiger partial charge in [0.05, 0.1) is 0 Å². The molecule has 1 aliphatic rings. The number of hydrogen-bond donors (Lipinski definition) is 3. The number of carbonyl (C=O) groups is 2. The first kappa shape index (κ1) is 21.5. The Morgan fingerprint density at radius 3 is 2.64 bits per heavy atom. The normalized spacial score (nSPS) is 19.4. The molecule has 0 heterocycles. The Bertz CT molecular complexity index is 578. The minimum Gasteiger partial charge on any atom is -0.352 e. The molecule has 0 unspecified atom stereocenters. The van der Waals surface area contributed by atoms with E-state index in [9.17, 15) is 9.59 Å². The molecule has 1 aliphatic carbocycles. The van der Waals surface area contributed by atoms with Crippen LogP contribution in [0.15, 0.2) is 24.3 Å². The molecular weight excluding hydrogens is 338 g/mol. The zero-order chi connectivity index (χ0) is 17.5. The fourth-order valence-corrected chi connectivity index (χ4v) is 3.17. The summed E-state index contributed by atoms with van der Waals surface area (Å²) in [6.07, 6.45) is 4.20. The molecule has 5 nitrogen and oxygen atoms in total. The summed E-state index contributed by atoms with van der Waals surface area (Å²) in [4.78, 5) is 23.9. The monoisotopic (exact) mass is 367 g/mol. The van der Waals surface area contributed by atoms with E-state index in [1.165, 1.54) is 0 Å². The summed E-state index contributed by atoms with van der Waals surface area (Å²) in [6, 6.07) is 7.76. The van der Waals surface area contributed by atoms with Crippen molar-refractivity contribution >= 4 is 29.9 Å². The Kier molecular flexibility index (Phi) is 8.93. The molecule has 1 saturated carbocycles. The van der Waals surface area contributed by atoms with Gasteiger partial charge in [0, 0.05) is 31.1 Å². The SMILES string of the molecule is CC(C)CC(=O)Nc1cccc(CNC(=O)C[C@@H]2CCC[C@H]2N)c1.Cl. The fraction of sp³-hybridized carbons (Fsp3) is 0.579. The van der Waals surface area contributed by atoms with Crippen molar-refractivity contribution in [1.82, 2.24) is 5.32 Å². The van der Waals surface area contributed by atoms with Gasteiger partial charge in [-0.2, -0.15) is 0 Å². The Morgan fingerprint density at radius 2 is 2.00 bits per heavy atom. The second-order valence-corrected chi connectivity index (χ2v) is 7.18. The van der Waals surface area contributed by atoms with Crippen LogP contribution in [-0.4, -0.2) is 17.9 Å². The largest absolute Gasteiger partial charge is 0.352 e. The van der Waals surface area contributed by atoms with E-state index < -0.39 is 0 Å². The van der Waals surface area contributed by atoms with E-state index in [-0.39, 0.29) is 30.3 Å². The van der Waals surface area contributed by atoms with Gasteiger partial charge >= 0.3 is 0 Å². The quantitative estimate of drug-likeness (QED) is 0.691. The fourth-order valence-electron chi connectivity index (χ4n) is 3.17. The molecule has 0 spiro atoms. The van der Waals surface area contributed by atoms with Crippen LogP contribution in [0.25, 0.3) is 0 Å². The van der Waals surface area contributed by atoms with Crippen LogP contribution in [0, 0.1) is 11.8 Å². The summed E-state index contributed by atoms with van der Waals surface area (Å²) in [6.45, 7) is 4.50. The lowest BCUT2D eigenvalue weighted by molar-refractivity contribution is -0.122. The molecule has 140 valence electrons. The van der Waals surface area contributed by atoms with E-state index in [0.717, 1.165) is 30.5 Å². The van der Waals surface area contributed by atoms with E-state index in [2.05, 4.69) is 10.6 Å². The van der Waals surface area contributed by atoms with Gasteiger partial charge in [0.15, 0.2) is 0 Å². The van der Waals surface area contributed by atoms with Crippen LogP contribution in [0.2, 0.25) is 0 Å². The van der Waals surface area contributed by atoms with Gasteiger partial charge in [-0.3, -0.25) is 9.59 Å². The Balaban J connectivity index is 0.00000312. The summed E-state index contributed by atoms with van der Waals surface area (Å²) in [7, 11) is 0. The van der Waals surface area contributed by atoms with Crippen molar-refractivity contribution in [2.45, 2.75) is 58.5 Å². The van der Waals surface area contributed by atoms with Crippen LogP contribution in [0.3, 0.4) is 0 Å². The number of rotatable bonds is 7. The van der Waals surface area contributed by atoms with Crippen molar-refractivity contribution in [2.24, 2.45) is 17.6 Å². The van der Waals surface area contributed by atoms with Crippen molar-refractivity contribution in [2.75, 3.05) is 5.32 Å². The number of amides is 2. The van der Waals surface area contributed by atoms with Gasteiger partial charge in [0.25, 0.3) is 0 Å². The Morgan fingerprint density at radius 1 is 1.24 bits per heavy atom. The number of carbonyl (C=O) groups excluding carboxylic acids is 2. The molecule has 1 aromatic carbocycles. The highest BCUT2D eigenvalue weighted by atomic mass is 35.5. The topological polar surface area (TPSA) is 84.2 Å². The summed E-state index contributed by atoms with van der Waals surface area (Å²) in [5, 5.41) is 5.85. The maximum Gasteiger partial charge on any atom is 0.224 e. The number of hydrogen-bond acceptors (Lipinski definition) is 3. The highest BCUT2D eigenvalue weighted by Crippen LogP contribution is 2.26. The summed E-state index contributed by atoms with van der Waals surface area (Å²) in [5.74, 6) is 0.703. The molecule has 2 amide bonds. The standard InChI is InChI=1S/C19H29N3O2.ClH/c1-13(2)9-19(24)22-16-7-3-5-14(10-16)12-21-18(23)11-15-6-4-8-17(15)20;/h3,5,7,10,13,15,17H,4,6,8-9,11-12,20H2,1-2H3,(H,21,23)(H,22,24);1H/t15-,17+;/m0./s1. The summed E-state index contributed by atoms with van der Waals surface area (Å²) >= 11 is 0. The number of halogens is 1. The van der Waals surface area contributed by atoms with Gasteiger partial charge in [-0.1, -0.05) is 32.4 Å². The van der Waals surface area contributed by atoms with Crippen LogP contribution in [-0.2, 0) is 16.1 Å². The minimum atomic E-state index is 0. The van der Waals surface area contributed by atoms with Crippen LogP contribution in [0.1, 0.15) is 51.5 Å². The lowest BCUT2D eigenvalue weighted by Crippen LogP contribution is -2.31. The molecular formula is C19H30ClN3O2. The summed E-state index contributed by atoms with van der Waals surface area (Å²) in [5.41, 5.74) is 7.76. The zero-order valence-electron chi connectivity index (χ0n) is 15.1.